The van der Waals surface area contributed by atoms with Crippen LogP contribution in [0.2, 0.25) is 0 Å². The lowest BCUT2D eigenvalue weighted by molar-refractivity contribution is -0.142. The van der Waals surface area contributed by atoms with E-state index >= 15 is 0 Å². The van der Waals surface area contributed by atoms with Crippen LogP contribution in [0, 0.1) is 0 Å². The van der Waals surface area contributed by atoms with Gasteiger partial charge in [-0.3, -0.25) is 15.1 Å². The molecule has 0 spiro atoms. The smallest absolute Gasteiger partial charge is 0.410 e. The number of aromatic nitrogens is 1. The zero-order valence-electron chi connectivity index (χ0n) is 17.6. The number of nitrogens with zero attached hydrogens (tertiary/aromatic N) is 3. The van der Waals surface area contributed by atoms with Crippen LogP contribution in [-0.4, -0.2) is 40.4 Å². The maximum Gasteiger partial charge on any atom is 0.410 e. The van der Waals surface area contributed by atoms with Crippen LogP contribution in [-0.2, 0) is 33.8 Å². The van der Waals surface area contributed by atoms with Gasteiger partial charge in [-0.2, -0.15) is 5.10 Å². The summed E-state index contributed by atoms with van der Waals surface area (Å²) in [6.07, 6.45) is 1.53. The molecule has 0 radical (unpaired) electrons. The molecule has 0 atom stereocenters. The lowest BCUT2D eigenvalue weighted by Gasteiger charge is -2.24. The summed E-state index contributed by atoms with van der Waals surface area (Å²) in [6, 6.07) is 5.91. The fraction of sp³-hybridized carbons (Fsp3) is 0.429. The zero-order chi connectivity index (χ0) is 21.7. The number of benzene rings is 1. The largest absolute Gasteiger partial charge is 0.466 e. The highest BCUT2D eigenvalue weighted by Gasteiger charge is 2.28. The van der Waals surface area contributed by atoms with E-state index in [4.69, 9.17) is 9.47 Å². The molecule has 1 aliphatic heterocycles. The number of thiazole rings is 1. The SMILES string of the molecule is CCOC(=O)Cc1csc(NN=Cc2cccc3c2CN(C(=O)OC(C)(C)C)C3)n1. The number of anilines is 1. The van der Waals surface area contributed by atoms with Crippen LogP contribution < -0.4 is 5.43 Å². The van der Waals surface area contributed by atoms with E-state index in [1.54, 1.807) is 23.4 Å². The Morgan fingerprint density at radius 2 is 2.13 bits per heavy atom. The fourth-order valence-electron chi connectivity index (χ4n) is 2.98. The zero-order valence-corrected chi connectivity index (χ0v) is 18.4. The first-order valence-corrected chi connectivity index (χ1v) is 10.6. The minimum atomic E-state index is -0.528. The van der Waals surface area contributed by atoms with Crippen molar-refractivity contribution in [3.63, 3.8) is 0 Å². The number of fused-ring (bicyclic) bond motifs is 1. The maximum atomic E-state index is 12.4. The number of carbonyl (C=O) groups excluding carboxylic acids is 2. The molecule has 9 heteroatoms. The molecule has 0 unspecified atom stereocenters. The summed E-state index contributed by atoms with van der Waals surface area (Å²) < 4.78 is 10.4. The van der Waals surface area contributed by atoms with Crippen LogP contribution in [0.1, 0.15) is 50.1 Å². The normalized spacial score (nSPS) is 13.4. The predicted molar refractivity (Wildman–Crippen MR) is 116 cm³/mol. The average molecular weight is 431 g/mol. The summed E-state index contributed by atoms with van der Waals surface area (Å²) >= 11 is 1.37. The topological polar surface area (TPSA) is 93.1 Å². The Bertz CT molecular complexity index is 949. The Morgan fingerprint density at radius 3 is 2.87 bits per heavy atom. The molecule has 1 N–H and O–H groups in total. The molecule has 30 heavy (non-hydrogen) atoms. The Hall–Kier alpha value is -2.94. The molecule has 1 aromatic heterocycles. The molecule has 0 bridgehead atoms. The highest BCUT2D eigenvalue weighted by molar-refractivity contribution is 7.13. The molecule has 3 rings (SSSR count). The first-order chi connectivity index (χ1) is 14.2. The van der Waals surface area contributed by atoms with E-state index in [0.29, 0.717) is 30.5 Å². The van der Waals surface area contributed by atoms with E-state index in [0.717, 1.165) is 16.7 Å². The molecular formula is C21H26N4O4S. The third-order valence-corrected chi connectivity index (χ3v) is 5.01. The third-order valence-electron chi connectivity index (χ3n) is 4.22. The van der Waals surface area contributed by atoms with Gasteiger partial charge in [0, 0.05) is 11.9 Å². The van der Waals surface area contributed by atoms with Crippen LogP contribution in [0.3, 0.4) is 0 Å². The number of carbonyl (C=O) groups is 2. The van der Waals surface area contributed by atoms with E-state index in [9.17, 15) is 9.59 Å². The first kappa shape index (κ1) is 21.8. The molecule has 1 aliphatic rings. The van der Waals surface area contributed by atoms with Gasteiger partial charge in [0.05, 0.1) is 31.5 Å². The molecule has 0 fully saturated rings. The van der Waals surface area contributed by atoms with Crippen molar-refractivity contribution >= 4 is 34.7 Å². The standard InChI is InChI=1S/C21H26N4O4S/c1-5-28-18(26)9-16-13-30-19(23-16)24-22-10-14-7-6-8-15-11-25(12-17(14)15)20(27)29-21(2,3)4/h6-8,10,13H,5,9,11-12H2,1-4H3,(H,23,24). The van der Waals surface area contributed by atoms with E-state index < -0.39 is 5.60 Å². The monoisotopic (exact) mass is 430 g/mol. The number of hydrogen-bond acceptors (Lipinski definition) is 8. The second kappa shape index (κ2) is 9.25. The lowest BCUT2D eigenvalue weighted by atomic mass is 10.0. The van der Waals surface area contributed by atoms with Gasteiger partial charge in [-0.15, -0.1) is 11.3 Å². The number of ether oxygens (including phenoxy) is 2. The van der Waals surface area contributed by atoms with Crippen LogP contribution in [0.15, 0.2) is 28.7 Å². The predicted octanol–water partition coefficient (Wildman–Crippen LogP) is 3.95. The van der Waals surface area contributed by atoms with E-state index in [1.165, 1.54) is 11.3 Å². The Morgan fingerprint density at radius 1 is 1.33 bits per heavy atom. The summed E-state index contributed by atoms with van der Waals surface area (Å²) in [5.74, 6) is -0.299. The Kier molecular flexibility index (Phi) is 6.71. The number of esters is 1. The van der Waals surface area contributed by atoms with Crippen LogP contribution >= 0.6 is 11.3 Å². The van der Waals surface area contributed by atoms with Crippen molar-refractivity contribution in [3.05, 3.63) is 46.0 Å². The third kappa shape index (κ3) is 5.79. The molecule has 0 saturated carbocycles. The summed E-state index contributed by atoms with van der Waals surface area (Å²) in [6.45, 7) is 8.69. The molecular weight excluding hydrogens is 404 g/mol. The first-order valence-electron chi connectivity index (χ1n) is 9.73. The molecule has 2 heterocycles. The van der Waals surface area contributed by atoms with Crippen molar-refractivity contribution in [2.45, 2.75) is 52.8 Å². The quantitative estimate of drug-likeness (QED) is 0.424. The Labute approximate surface area is 179 Å². The minimum absolute atomic E-state index is 0.141. The maximum absolute atomic E-state index is 12.4. The second-order valence-corrected chi connectivity index (χ2v) is 8.68. The Balaban J connectivity index is 1.61. The van der Waals surface area contributed by atoms with Crippen molar-refractivity contribution in [1.29, 1.82) is 0 Å². The van der Waals surface area contributed by atoms with Gasteiger partial charge < -0.3 is 9.47 Å². The molecule has 2 aromatic rings. The van der Waals surface area contributed by atoms with Crippen molar-refractivity contribution < 1.29 is 19.1 Å². The molecule has 160 valence electrons. The minimum Gasteiger partial charge on any atom is -0.466 e. The average Bonchev–Trinajstić information content (AvgIpc) is 3.28. The van der Waals surface area contributed by atoms with Gasteiger partial charge >= 0.3 is 12.1 Å². The number of amides is 1. The van der Waals surface area contributed by atoms with Gasteiger partial charge in [0.15, 0.2) is 0 Å². The van der Waals surface area contributed by atoms with Crippen LogP contribution in [0.25, 0.3) is 0 Å². The van der Waals surface area contributed by atoms with Crippen molar-refractivity contribution in [2.24, 2.45) is 5.10 Å². The molecule has 8 nitrogen and oxygen atoms in total. The highest BCUT2D eigenvalue weighted by atomic mass is 32.1. The van der Waals surface area contributed by atoms with Crippen LogP contribution in [0.4, 0.5) is 9.93 Å². The number of hydrogen-bond donors (Lipinski definition) is 1. The van der Waals surface area contributed by atoms with Gasteiger partial charge in [-0.25, -0.2) is 9.78 Å². The van der Waals surface area contributed by atoms with Gasteiger partial charge in [0.25, 0.3) is 0 Å². The van der Waals surface area contributed by atoms with Crippen molar-refractivity contribution in [3.8, 4) is 0 Å². The van der Waals surface area contributed by atoms with Gasteiger partial charge in [-0.05, 0) is 44.4 Å². The lowest BCUT2D eigenvalue weighted by Crippen LogP contribution is -2.33. The van der Waals surface area contributed by atoms with Gasteiger partial charge in [0.1, 0.15) is 5.60 Å². The van der Waals surface area contributed by atoms with Crippen molar-refractivity contribution in [1.82, 2.24) is 9.88 Å². The number of rotatable bonds is 6. The summed E-state index contributed by atoms with van der Waals surface area (Å²) in [4.78, 5) is 29.9. The molecule has 1 amide bonds. The van der Waals surface area contributed by atoms with E-state index in [-0.39, 0.29) is 18.5 Å². The molecule has 0 aliphatic carbocycles. The van der Waals surface area contributed by atoms with E-state index in [1.807, 2.05) is 39.0 Å². The van der Waals surface area contributed by atoms with Gasteiger partial charge in [-0.1, -0.05) is 18.2 Å². The van der Waals surface area contributed by atoms with Gasteiger partial charge in [0.2, 0.25) is 5.13 Å². The van der Waals surface area contributed by atoms with Crippen LogP contribution in [0.5, 0.6) is 0 Å². The summed E-state index contributed by atoms with van der Waals surface area (Å²) in [5, 5.41) is 6.66. The number of nitrogens with one attached hydrogen (secondary N) is 1. The summed E-state index contributed by atoms with van der Waals surface area (Å²) in [7, 11) is 0. The highest BCUT2D eigenvalue weighted by Crippen LogP contribution is 2.27. The fourth-order valence-corrected chi connectivity index (χ4v) is 3.64. The number of hydrazone groups is 1. The molecule has 0 saturated heterocycles. The van der Waals surface area contributed by atoms with Crippen molar-refractivity contribution in [2.75, 3.05) is 12.0 Å². The molecule has 1 aromatic carbocycles. The summed E-state index contributed by atoms with van der Waals surface area (Å²) in [5.41, 5.74) is 6.07. The second-order valence-electron chi connectivity index (χ2n) is 7.82. The van der Waals surface area contributed by atoms with E-state index in [2.05, 4.69) is 15.5 Å².